The molecule has 0 fully saturated rings. The molecule has 2 amide bonds. The van der Waals surface area contributed by atoms with E-state index in [9.17, 15) is 19.6 Å². The molecule has 0 unspecified atom stereocenters. The van der Waals surface area contributed by atoms with Crippen LogP contribution in [0.1, 0.15) is 31.1 Å². The van der Waals surface area contributed by atoms with Crippen molar-refractivity contribution in [1.82, 2.24) is 0 Å². The zero-order valence-electron chi connectivity index (χ0n) is 11.5. The average Bonchev–Trinajstić information content (AvgIpc) is 2.25. The highest BCUT2D eigenvalue weighted by atomic mass is 16.6. The first-order chi connectivity index (χ1) is 9.10. The van der Waals surface area contributed by atoms with Gasteiger partial charge in [-0.3, -0.25) is 10.1 Å². The minimum Gasteiger partial charge on any atom is -0.444 e. The van der Waals surface area contributed by atoms with Crippen molar-refractivity contribution in [1.29, 1.82) is 0 Å². The Morgan fingerprint density at radius 1 is 1.30 bits per heavy atom. The first kappa shape index (κ1) is 16.0. The summed E-state index contributed by atoms with van der Waals surface area (Å²) in [7, 11) is -1.88. The Hall–Kier alpha value is -2.06. The Labute approximate surface area is 116 Å². The summed E-state index contributed by atoms with van der Waals surface area (Å²) in [4.78, 5) is 22.7. The smallest absolute Gasteiger partial charge is 0.444 e. The van der Waals surface area contributed by atoms with Gasteiger partial charge in [0, 0.05) is 11.3 Å². The molecule has 0 heterocycles. The summed E-state index contributed by atoms with van der Waals surface area (Å²) in [5, 5.41) is 20.8. The van der Waals surface area contributed by atoms with Crippen LogP contribution in [-0.2, 0) is 4.74 Å². The van der Waals surface area contributed by atoms with Crippen molar-refractivity contribution in [2.45, 2.75) is 26.4 Å². The van der Waals surface area contributed by atoms with Gasteiger partial charge < -0.3 is 20.5 Å². The van der Waals surface area contributed by atoms with Gasteiger partial charge in [0.15, 0.2) is 0 Å². The van der Waals surface area contributed by atoms with Gasteiger partial charge in [0.2, 0.25) is 5.91 Å². The van der Waals surface area contributed by atoms with Crippen LogP contribution >= 0.6 is 0 Å². The molecule has 0 saturated heterocycles. The molecule has 7 nitrogen and oxygen atoms in total. The lowest BCUT2D eigenvalue weighted by atomic mass is 9.76. The van der Waals surface area contributed by atoms with Gasteiger partial charge in [0.05, 0.1) is 0 Å². The third kappa shape index (κ3) is 4.56. The van der Waals surface area contributed by atoms with E-state index in [-0.39, 0.29) is 16.7 Å². The van der Waals surface area contributed by atoms with E-state index in [0.29, 0.717) is 0 Å². The summed E-state index contributed by atoms with van der Waals surface area (Å²) in [6, 6.07) is 3.95. The van der Waals surface area contributed by atoms with Crippen LogP contribution in [0.15, 0.2) is 18.2 Å². The Balaban J connectivity index is 2.96. The number of nitrogens with two attached hydrogens (primary N) is 1. The van der Waals surface area contributed by atoms with E-state index in [2.05, 4.69) is 5.32 Å². The number of nitrogens with one attached hydrogen (secondary N) is 1. The number of rotatable bonds is 3. The number of primary amides is 1. The summed E-state index contributed by atoms with van der Waals surface area (Å²) in [6.07, 6.45) is -0.692. The number of anilines is 1. The Bertz CT molecular complexity index is 525. The topological polar surface area (TPSA) is 122 Å². The molecule has 8 heteroatoms. The molecule has 0 saturated carbocycles. The van der Waals surface area contributed by atoms with E-state index in [0.717, 1.165) is 0 Å². The van der Waals surface area contributed by atoms with Crippen molar-refractivity contribution in [3.63, 3.8) is 0 Å². The van der Waals surface area contributed by atoms with Crippen molar-refractivity contribution in [2.75, 3.05) is 5.32 Å². The van der Waals surface area contributed by atoms with Crippen LogP contribution in [0.3, 0.4) is 0 Å². The zero-order chi connectivity index (χ0) is 15.5. The number of hydrogen-bond acceptors (Lipinski definition) is 5. The maximum atomic E-state index is 11.6. The number of amides is 2. The Morgan fingerprint density at radius 3 is 2.35 bits per heavy atom. The summed E-state index contributed by atoms with van der Waals surface area (Å²) >= 11 is 0. The third-order valence-corrected chi connectivity index (χ3v) is 2.24. The van der Waals surface area contributed by atoms with E-state index in [1.807, 2.05) is 0 Å². The van der Waals surface area contributed by atoms with E-state index in [1.165, 1.54) is 18.2 Å². The van der Waals surface area contributed by atoms with Gasteiger partial charge in [-0.2, -0.15) is 0 Å². The average molecular weight is 280 g/mol. The first-order valence-electron chi connectivity index (χ1n) is 5.90. The number of carbonyl (C=O) groups excluding carboxylic acids is 2. The SMILES string of the molecule is CC(C)(C)OC(=O)Nc1ccc(C(N)=O)c(B(O)O)c1. The van der Waals surface area contributed by atoms with Gasteiger partial charge in [-0.25, -0.2) is 4.79 Å². The van der Waals surface area contributed by atoms with Crippen LogP contribution < -0.4 is 16.5 Å². The molecule has 0 spiro atoms. The highest BCUT2D eigenvalue weighted by Gasteiger charge is 2.21. The van der Waals surface area contributed by atoms with Gasteiger partial charge in [-0.1, -0.05) is 0 Å². The fraction of sp³-hybridized carbons (Fsp3) is 0.333. The molecule has 108 valence electrons. The van der Waals surface area contributed by atoms with E-state index >= 15 is 0 Å². The van der Waals surface area contributed by atoms with Gasteiger partial charge in [-0.05, 0) is 44.4 Å². The molecule has 5 N–H and O–H groups in total. The van der Waals surface area contributed by atoms with Gasteiger partial charge in [-0.15, -0.1) is 0 Å². The monoisotopic (exact) mass is 280 g/mol. The molecule has 0 aromatic heterocycles. The Kier molecular flexibility index (Phi) is 4.75. The largest absolute Gasteiger partial charge is 0.489 e. The zero-order valence-corrected chi connectivity index (χ0v) is 11.5. The third-order valence-electron chi connectivity index (χ3n) is 2.24. The predicted molar refractivity (Wildman–Crippen MR) is 74.6 cm³/mol. The molecule has 0 aliphatic rings. The standard InChI is InChI=1S/C12H17BN2O5/c1-12(2,3)20-11(17)15-7-4-5-8(10(14)16)9(6-7)13(18)19/h4-6,18-19H,1-3H3,(H2,14,16)(H,15,17). The van der Waals surface area contributed by atoms with Crippen molar-refractivity contribution in [2.24, 2.45) is 5.73 Å². The summed E-state index contributed by atoms with van der Waals surface area (Å²) in [5.74, 6) is -0.795. The van der Waals surface area contributed by atoms with Crippen molar-refractivity contribution < 1.29 is 24.4 Å². The second-order valence-corrected chi connectivity index (χ2v) is 5.17. The molecule has 0 bridgehead atoms. The van der Waals surface area contributed by atoms with Gasteiger partial charge in [0.25, 0.3) is 0 Å². The quantitative estimate of drug-likeness (QED) is 0.572. The highest BCUT2D eigenvalue weighted by Crippen LogP contribution is 2.12. The number of hydrogen-bond donors (Lipinski definition) is 4. The maximum absolute atomic E-state index is 11.6. The molecule has 20 heavy (non-hydrogen) atoms. The molecule has 1 rings (SSSR count). The lowest BCUT2D eigenvalue weighted by Crippen LogP contribution is -2.37. The van der Waals surface area contributed by atoms with Crippen LogP contribution in [0.25, 0.3) is 0 Å². The lowest BCUT2D eigenvalue weighted by Gasteiger charge is -2.20. The molecule has 0 radical (unpaired) electrons. The number of carbonyl (C=O) groups is 2. The van der Waals surface area contributed by atoms with Crippen LogP contribution in [0.2, 0.25) is 0 Å². The molecule has 1 aromatic carbocycles. The summed E-state index contributed by atoms with van der Waals surface area (Å²) < 4.78 is 5.05. The van der Waals surface area contributed by atoms with Crippen molar-refractivity contribution in [3.8, 4) is 0 Å². The van der Waals surface area contributed by atoms with Crippen molar-refractivity contribution >= 4 is 30.3 Å². The van der Waals surface area contributed by atoms with Crippen LogP contribution in [0.5, 0.6) is 0 Å². The minimum absolute atomic E-state index is 0.0326. The van der Waals surface area contributed by atoms with Crippen LogP contribution in [0.4, 0.5) is 10.5 Å². The fourth-order valence-corrected chi connectivity index (χ4v) is 1.50. The number of benzene rings is 1. The molecule has 1 aromatic rings. The van der Waals surface area contributed by atoms with Crippen molar-refractivity contribution in [3.05, 3.63) is 23.8 Å². The van der Waals surface area contributed by atoms with E-state index < -0.39 is 24.7 Å². The summed E-state index contributed by atoms with van der Waals surface area (Å²) in [5.41, 5.74) is 4.59. The molecule has 0 atom stereocenters. The van der Waals surface area contributed by atoms with E-state index in [4.69, 9.17) is 10.5 Å². The molecular formula is C12H17BN2O5. The predicted octanol–water partition coefficient (Wildman–Crippen LogP) is -0.188. The lowest BCUT2D eigenvalue weighted by molar-refractivity contribution is 0.0635. The number of ether oxygens (including phenoxy) is 1. The molecular weight excluding hydrogens is 263 g/mol. The second-order valence-electron chi connectivity index (χ2n) is 5.17. The summed E-state index contributed by atoms with van der Waals surface area (Å²) in [6.45, 7) is 5.14. The normalized spacial score (nSPS) is 10.8. The maximum Gasteiger partial charge on any atom is 0.489 e. The van der Waals surface area contributed by atoms with E-state index in [1.54, 1.807) is 20.8 Å². The van der Waals surface area contributed by atoms with Gasteiger partial charge in [0.1, 0.15) is 5.60 Å². The molecule has 0 aliphatic heterocycles. The fourth-order valence-electron chi connectivity index (χ4n) is 1.50. The highest BCUT2D eigenvalue weighted by molar-refractivity contribution is 6.60. The molecule has 0 aliphatic carbocycles. The Morgan fingerprint density at radius 2 is 1.90 bits per heavy atom. The minimum atomic E-state index is -1.88. The van der Waals surface area contributed by atoms with Gasteiger partial charge >= 0.3 is 13.2 Å². The van der Waals surface area contributed by atoms with Crippen LogP contribution in [-0.4, -0.2) is 34.8 Å². The first-order valence-corrected chi connectivity index (χ1v) is 5.90. The second kappa shape index (κ2) is 5.93. The van der Waals surface area contributed by atoms with Crippen LogP contribution in [0, 0.1) is 0 Å².